The van der Waals surface area contributed by atoms with E-state index in [4.69, 9.17) is 5.73 Å². The van der Waals surface area contributed by atoms with E-state index < -0.39 is 0 Å². The number of rotatable bonds is 4. The zero-order chi connectivity index (χ0) is 12.1. The highest BCUT2D eigenvalue weighted by atomic mass is 15.3. The molecule has 2 N–H and O–H groups in total. The number of hydrogen-bond acceptors (Lipinski definition) is 3. The zero-order valence-corrected chi connectivity index (χ0v) is 11.1. The minimum absolute atomic E-state index is 0.523. The summed E-state index contributed by atoms with van der Waals surface area (Å²) in [7, 11) is 4.34. The normalized spacial score (nSPS) is 25.3. The average molecular weight is 226 g/mol. The summed E-state index contributed by atoms with van der Waals surface area (Å²) in [6.07, 6.45) is 0.896. The van der Waals surface area contributed by atoms with E-state index in [1.807, 2.05) is 0 Å². The molecular formula is C12H26N4. The van der Waals surface area contributed by atoms with Gasteiger partial charge in [0.15, 0.2) is 0 Å². The quantitative estimate of drug-likeness (QED) is 0.565. The summed E-state index contributed by atoms with van der Waals surface area (Å²) >= 11 is 0. The van der Waals surface area contributed by atoms with Gasteiger partial charge in [0.1, 0.15) is 0 Å². The van der Waals surface area contributed by atoms with Gasteiger partial charge in [-0.25, -0.2) is 0 Å². The highest BCUT2D eigenvalue weighted by molar-refractivity contribution is 5.80. The van der Waals surface area contributed by atoms with Crippen molar-refractivity contribution in [3.05, 3.63) is 0 Å². The van der Waals surface area contributed by atoms with E-state index in [1.165, 1.54) is 0 Å². The van der Waals surface area contributed by atoms with Gasteiger partial charge in [-0.15, -0.1) is 0 Å². The lowest BCUT2D eigenvalue weighted by atomic mass is 10.1. The van der Waals surface area contributed by atoms with Crippen molar-refractivity contribution in [2.75, 3.05) is 40.3 Å². The molecule has 0 amide bonds. The SMILES string of the molecule is CC(C)CN=C(N)CC1CN(C)CCN1C. The number of aliphatic imine (C=N–C) groups is 1. The third-order valence-corrected chi connectivity index (χ3v) is 3.08. The Bertz CT molecular complexity index is 237. The summed E-state index contributed by atoms with van der Waals surface area (Å²) in [6.45, 7) is 8.54. The maximum atomic E-state index is 5.97. The van der Waals surface area contributed by atoms with Gasteiger partial charge in [-0.05, 0) is 20.0 Å². The van der Waals surface area contributed by atoms with Crippen LogP contribution in [-0.2, 0) is 0 Å². The van der Waals surface area contributed by atoms with Gasteiger partial charge in [0, 0.05) is 38.6 Å². The molecule has 0 aromatic heterocycles. The molecule has 1 aliphatic heterocycles. The predicted octanol–water partition coefficient (Wildman–Crippen LogP) is 0.636. The summed E-state index contributed by atoms with van der Waals surface area (Å²) in [5, 5.41) is 0. The van der Waals surface area contributed by atoms with Crippen LogP contribution in [0.3, 0.4) is 0 Å². The number of nitrogens with zero attached hydrogens (tertiary/aromatic N) is 3. The van der Waals surface area contributed by atoms with Gasteiger partial charge < -0.3 is 15.5 Å². The first-order chi connectivity index (χ1) is 7.49. The second-order valence-electron chi connectivity index (χ2n) is 5.33. The van der Waals surface area contributed by atoms with E-state index in [2.05, 4.69) is 42.7 Å². The lowest BCUT2D eigenvalue weighted by Gasteiger charge is -2.37. The third-order valence-electron chi connectivity index (χ3n) is 3.08. The van der Waals surface area contributed by atoms with Crippen molar-refractivity contribution in [3.8, 4) is 0 Å². The molecule has 16 heavy (non-hydrogen) atoms. The number of amidine groups is 1. The Labute approximate surface area is 99.5 Å². The number of nitrogens with two attached hydrogens (primary N) is 1. The molecule has 4 nitrogen and oxygen atoms in total. The Morgan fingerprint density at radius 3 is 2.69 bits per heavy atom. The van der Waals surface area contributed by atoms with Gasteiger partial charge in [0.05, 0.1) is 5.84 Å². The van der Waals surface area contributed by atoms with Crippen LogP contribution in [0.25, 0.3) is 0 Å². The Morgan fingerprint density at radius 1 is 1.38 bits per heavy atom. The Morgan fingerprint density at radius 2 is 2.06 bits per heavy atom. The van der Waals surface area contributed by atoms with E-state index in [-0.39, 0.29) is 0 Å². The fraction of sp³-hybridized carbons (Fsp3) is 0.917. The second kappa shape index (κ2) is 6.21. The van der Waals surface area contributed by atoms with Crippen molar-refractivity contribution in [3.63, 3.8) is 0 Å². The first-order valence-electron chi connectivity index (χ1n) is 6.16. The molecule has 1 aliphatic rings. The summed E-state index contributed by atoms with van der Waals surface area (Å²) in [6, 6.07) is 0.523. The smallest absolute Gasteiger partial charge is 0.0953 e. The van der Waals surface area contributed by atoms with Crippen molar-refractivity contribution in [1.82, 2.24) is 9.80 Å². The molecule has 0 spiro atoms. The molecule has 1 fully saturated rings. The standard InChI is InChI=1S/C12H26N4/c1-10(2)8-14-12(13)7-11-9-15(3)5-6-16(11)4/h10-11H,5-9H2,1-4H3,(H2,13,14). The van der Waals surface area contributed by atoms with Gasteiger partial charge in [-0.2, -0.15) is 0 Å². The maximum absolute atomic E-state index is 5.97. The second-order valence-corrected chi connectivity index (χ2v) is 5.33. The molecule has 0 radical (unpaired) electrons. The van der Waals surface area contributed by atoms with Crippen LogP contribution in [0, 0.1) is 5.92 Å². The van der Waals surface area contributed by atoms with Crippen molar-refractivity contribution in [2.45, 2.75) is 26.3 Å². The molecule has 0 aliphatic carbocycles. The average Bonchev–Trinajstić information content (AvgIpc) is 2.20. The van der Waals surface area contributed by atoms with E-state index in [0.717, 1.165) is 38.4 Å². The monoisotopic (exact) mass is 226 g/mol. The molecule has 4 heteroatoms. The molecule has 1 atom stereocenters. The summed E-state index contributed by atoms with van der Waals surface area (Å²) in [4.78, 5) is 9.17. The molecule has 1 unspecified atom stereocenters. The van der Waals surface area contributed by atoms with Gasteiger partial charge >= 0.3 is 0 Å². The van der Waals surface area contributed by atoms with Crippen molar-refractivity contribution in [2.24, 2.45) is 16.6 Å². The summed E-state index contributed by atoms with van der Waals surface area (Å²) in [5.74, 6) is 1.39. The van der Waals surface area contributed by atoms with Crippen LogP contribution >= 0.6 is 0 Å². The number of likely N-dealkylation sites (N-methyl/N-ethyl adjacent to an activating group) is 2. The van der Waals surface area contributed by atoms with E-state index in [1.54, 1.807) is 0 Å². The maximum Gasteiger partial charge on any atom is 0.0953 e. The topological polar surface area (TPSA) is 44.9 Å². The van der Waals surface area contributed by atoms with Crippen molar-refractivity contribution >= 4 is 5.84 Å². The molecule has 1 saturated heterocycles. The first kappa shape index (κ1) is 13.5. The summed E-state index contributed by atoms with van der Waals surface area (Å²) < 4.78 is 0. The Hall–Kier alpha value is -0.610. The zero-order valence-electron chi connectivity index (χ0n) is 11.1. The van der Waals surface area contributed by atoms with Crippen molar-refractivity contribution in [1.29, 1.82) is 0 Å². The molecule has 0 aromatic rings. The Kier molecular flexibility index (Phi) is 5.22. The molecule has 1 heterocycles. The van der Waals surface area contributed by atoms with Crippen LogP contribution in [0.5, 0.6) is 0 Å². The predicted molar refractivity (Wildman–Crippen MR) is 69.9 cm³/mol. The van der Waals surface area contributed by atoms with Gasteiger partial charge in [-0.3, -0.25) is 4.99 Å². The number of hydrogen-bond donors (Lipinski definition) is 1. The van der Waals surface area contributed by atoms with Crippen molar-refractivity contribution < 1.29 is 0 Å². The molecule has 0 saturated carbocycles. The lowest BCUT2D eigenvalue weighted by Crippen LogP contribution is -2.51. The molecule has 1 rings (SSSR count). The minimum Gasteiger partial charge on any atom is -0.387 e. The first-order valence-corrected chi connectivity index (χ1v) is 6.16. The highest BCUT2D eigenvalue weighted by Crippen LogP contribution is 2.09. The third kappa shape index (κ3) is 4.49. The van der Waals surface area contributed by atoms with E-state index in [9.17, 15) is 0 Å². The summed E-state index contributed by atoms with van der Waals surface area (Å²) in [5.41, 5.74) is 5.97. The van der Waals surface area contributed by atoms with Crippen LogP contribution in [-0.4, -0.2) is 62.0 Å². The largest absolute Gasteiger partial charge is 0.387 e. The molecular weight excluding hydrogens is 200 g/mol. The molecule has 0 bridgehead atoms. The van der Waals surface area contributed by atoms with Crippen LogP contribution in [0.4, 0.5) is 0 Å². The van der Waals surface area contributed by atoms with Gasteiger partial charge in [-0.1, -0.05) is 13.8 Å². The Balaban J connectivity index is 2.42. The van der Waals surface area contributed by atoms with E-state index >= 15 is 0 Å². The van der Waals surface area contributed by atoms with Gasteiger partial charge in [0.2, 0.25) is 0 Å². The van der Waals surface area contributed by atoms with Crippen LogP contribution < -0.4 is 5.73 Å². The lowest BCUT2D eigenvalue weighted by molar-refractivity contribution is 0.118. The van der Waals surface area contributed by atoms with Crippen LogP contribution in [0.1, 0.15) is 20.3 Å². The fourth-order valence-corrected chi connectivity index (χ4v) is 1.93. The van der Waals surface area contributed by atoms with Crippen LogP contribution in [0.15, 0.2) is 4.99 Å². The highest BCUT2D eigenvalue weighted by Gasteiger charge is 2.22. The van der Waals surface area contributed by atoms with E-state index in [0.29, 0.717) is 12.0 Å². The molecule has 0 aromatic carbocycles. The fourth-order valence-electron chi connectivity index (χ4n) is 1.93. The molecule has 94 valence electrons. The number of piperazine rings is 1. The minimum atomic E-state index is 0.523. The van der Waals surface area contributed by atoms with Crippen LogP contribution in [0.2, 0.25) is 0 Å². The van der Waals surface area contributed by atoms with Gasteiger partial charge in [0.25, 0.3) is 0 Å².